The largest absolute Gasteiger partial charge is 0.480 e. The number of aliphatic carboxylic acids is 1. The van der Waals surface area contributed by atoms with E-state index in [-0.39, 0.29) is 25.8 Å². The highest BCUT2D eigenvalue weighted by atomic mass is 16.6. The Bertz CT molecular complexity index is 529. The molecule has 2 saturated heterocycles. The highest BCUT2D eigenvalue weighted by molar-refractivity contribution is 5.97. The number of amides is 3. The van der Waals surface area contributed by atoms with E-state index in [1.165, 1.54) is 0 Å². The molecular weight excluding hydrogens is 326 g/mol. The number of hydrogen-bond acceptors (Lipinski definition) is 8. The monoisotopic (exact) mass is 347 g/mol. The second kappa shape index (κ2) is 6.99. The van der Waals surface area contributed by atoms with Crippen LogP contribution in [0.4, 0.5) is 4.79 Å². The van der Waals surface area contributed by atoms with E-state index in [0.717, 1.165) is 4.90 Å². The molecule has 0 aromatic rings. The molecule has 0 bridgehead atoms. The van der Waals surface area contributed by atoms with Crippen LogP contribution in [0.3, 0.4) is 0 Å². The summed E-state index contributed by atoms with van der Waals surface area (Å²) < 4.78 is 5.55. The van der Waals surface area contributed by atoms with Gasteiger partial charge in [0.15, 0.2) is 5.72 Å². The lowest BCUT2D eigenvalue weighted by Crippen LogP contribution is -2.65. The minimum Gasteiger partial charge on any atom is -0.480 e. The van der Waals surface area contributed by atoms with Crippen molar-refractivity contribution in [1.29, 1.82) is 0 Å². The molecule has 2 fully saturated rings. The molecule has 11 heteroatoms. The first-order chi connectivity index (χ1) is 11.2. The number of ether oxygens (including phenoxy) is 1. The van der Waals surface area contributed by atoms with Crippen molar-refractivity contribution in [3.05, 3.63) is 0 Å². The number of hydrogen-bond donors (Lipinski definition) is 6. The van der Waals surface area contributed by atoms with Crippen LogP contribution in [0.1, 0.15) is 19.3 Å². The van der Waals surface area contributed by atoms with Gasteiger partial charge in [-0.3, -0.25) is 19.8 Å². The third-order valence-corrected chi connectivity index (χ3v) is 4.34. The van der Waals surface area contributed by atoms with E-state index in [2.05, 4.69) is 5.32 Å². The average Bonchev–Trinajstić information content (AvgIpc) is 2.77. The lowest BCUT2D eigenvalue weighted by molar-refractivity contribution is -0.178. The maximum absolute atomic E-state index is 12.1. The van der Waals surface area contributed by atoms with Crippen LogP contribution in [0.15, 0.2) is 0 Å². The van der Waals surface area contributed by atoms with Crippen molar-refractivity contribution >= 4 is 17.9 Å². The molecule has 2 aliphatic heterocycles. The second-order valence-electron chi connectivity index (χ2n) is 5.86. The molecule has 2 aliphatic rings. The van der Waals surface area contributed by atoms with Crippen LogP contribution in [0.25, 0.3) is 0 Å². The van der Waals surface area contributed by atoms with E-state index in [4.69, 9.17) is 15.6 Å². The van der Waals surface area contributed by atoms with Crippen LogP contribution in [0.5, 0.6) is 0 Å². The molecule has 0 aromatic heterocycles. The van der Waals surface area contributed by atoms with Gasteiger partial charge in [0.1, 0.15) is 24.4 Å². The van der Waals surface area contributed by atoms with Gasteiger partial charge in [0.25, 0.3) is 0 Å². The summed E-state index contributed by atoms with van der Waals surface area (Å²) in [7, 11) is 0. The number of nitrogens with one attached hydrogen (secondary N) is 1. The number of carbonyl (C=O) groups excluding carboxylic acids is 2. The van der Waals surface area contributed by atoms with Crippen molar-refractivity contribution in [2.75, 3.05) is 13.2 Å². The number of rotatable bonds is 6. The fourth-order valence-electron chi connectivity index (χ4n) is 2.99. The van der Waals surface area contributed by atoms with Crippen LogP contribution in [-0.4, -0.2) is 86.5 Å². The highest BCUT2D eigenvalue weighted by Crippen LogP contribution is 2.39. The van der Waals surface area contributed by atoms with E-state index in [1.807, 2.05) is 0 Å². The summed E-state index contributed by atoms with van der Waals surface area (Å²) in [5.41, 5.74) is 3.68. The summed E-state index contributed by atoms with van der Waals surface area (Å²) in [5.74, 6) is -1.77. The number of carboxylic acids is 1. The van der Waals surface area contributed by atoms with Crippen LogP contribution >= 0.6 is 0 Å². The number of nitrogens with two attached hydrogens (primary N) is 1. The Morgan fingerprint density at radius 3 is 2.62 bits per heavy atom. The number of imide groups is 1. The van der Waals surface area contributed by atoms with Crippen LogP contribution < -0.4 is 11.1 Å². The Hall–Kier alpha value is -1.79. The molecule has 3 amide bonds. The number of carboxylic acid groups (broad SMARTS) is 1. The van der Waals surface area contributed by atoms with Crippen LogP contribution in [0, 0.1) is 0 Å². The third kappa shape index (κ3) is 3.21. The molecule has 11 nitrogen and oxygen atoms in total. The highest BCUT2D eigenvalue weighted by Gasteiger charge is 2.59. The Balaban J connectivity index is 2.29. The van der Waals surface area contributed by atoms with E-state index < -0.39 is 54.6 Å². The average molecular weight is 347 g/mol. The number of aliphatic hydroxyl groups is 3. The van der Waals surface area contributed by atoms with Gasteiger partial charge in [0.2, 0.25) is 5.91 Å². The van der Waals surface area contributed by atoms with Crippen molar-refractivity contribution in [3.8, 4) is 0 Å². The van der Waals surface area contributed by atoms with Gasteiger partial charge >= 0.3 is 12.0 Å². The van der Waals surface area contributed by atoms with Gasteiger partial charge in [-0.05, 0) is 6.42 Å². The smallest absolute Gasteiger partial charge is 0.326 e. The molecular formula is C13H21N3O8. The Morgan fingerprint density at radius 2 is 2.12 bits per heavy atom. The quantitative estimate of drug-likeness (QED) is 0.290. The molecule has 2 rings (SSSR count). The minimum atomic E-state index is -1.79. The maximum atomic E-state index is 12.1. The molecule has 7 N–H and O–H groups in total. The van der Waals surface area contributed by atoms with E-state index in [1.54, 1.807) is 0 Å². The zero-order valence-electron chi connectivity index (χ0n) is 12.8. The van der Waals surface area contributed by atoms with E-state index >= 15 is 0 Å². The molecule has 0 aliphatic carbocycles. The molecule has 1 unspecified atom stereocenters. The topological polar surface area (TPSA) is 183 Å². The molecule has 136 valence electrons. The Labute approximate surface area is 137 Å². The predicted octanol–water partition coefficient (Wildman–Crippen LogP) is -3.07. The molecule has 0 aromatic carbocycles. The Kier molecular flexibility index (Phi) is 5.40. The SMILES string of the molecule is NC(CC[C@@]1(N2CCC(=O)NC2=O)O[C@H](CO)[C@@H](O)[C@H]1O)C(=O)O. The third-order valence-electron chi connectivity index (χ3n) is 4.34. The van der Waals surface area contributed by atoms with Gasteiger partial charge in [-0.25, -0.2) is 4.79 Å². The van der Waals surface area contributed by atoms with Crippen LogP contribution in [0.2, 0.25) is 0 Å². The van der Waals surface area contributed by atoms with Gasteiger partial charge in [-0.15, -0.1) is 0 Å². The van der Waals surface area contributed by atoms with Crippen molar-refractivity contribution < 1.29 is 39.5 Å². The van der Waals surface area contributed by atoms with Gasteiger partial charge < -0.3 is 30.9 Å². The second-order valence-corrected chi connectivity index (χ2v) is 5.86. The first-order valence-corrected chi connectivity index (χ1v) is 7.47. The summed E-state index contributed by atoms with van der Waals surface area (Å²) in [4.78, 5) is 35.4. The summed E-state index contributed by atoms with van der Waals surface area (Å²) in [6.07, 6.45) is -4.65. The van der Waals surface area contributed by atoms with Crippen molar-refractivity contribution in [2.45, 2.75) is 49.3 Å². The molecule has 5 atom stereocenters. The van der Waals surface area contributed by atoms with Crippen LogP contribution in [-0.2, 0) is 14.3 Å². The van der Waals surface area contributed by atoms with Gasteiger partial charge in [0.05, 0.1) is 6.61 Å². The van der Waals surface area contributed by atoms with E-state index in [9.17, 15) is 29.7 Å². The fraction of sp³-hybridized carbons (Fsp3) is 0.769. The summed E-state index contributed by atoms with van der Waals surface area (Å²) >= 11 is 0. The summed E-state index contributed by atoms with van der Waals surface area (Å²) in [6.45, 7) is -0.700. The lowest BCUT2D eigenvalue weighted by atomic mass is 9.93. The van der Waals surface area contributed by atoms with Crippen molar-refractivity contribution in [3.63, 3.8) is 0 Å². The minimum absolute atomic E-state index is 0.0472. The molecule has 0 saturated carbocycles. The van der Waals surface area contributed by atoms with Crippen molar-refractivity contribution in [2.24, 2.45) is 5.73 Å². The summed E-state index contributed by atoms with van der Waals surface area (Å²) in [6, 6.07) is -2.10. The first-order valence-electron chi connectivity index (χ1n) is 7.47. The van der Waals surface area contributed by atoms with Gasteiger partial charge in [0, 0.05) is 19.4 Å². The number of aliphatic hydroxyl groups excluding tert-OH is 3. The maximum Gasteiger partial charge on any atom is 0.326 e. The predicted molar refractivity (Wildman–Crippen MR) is 76.4 cm³/mol. The molecule has 0 spiro atoms. The van der Waals surface area contributed by atoms with E-state index in [0.29, 0.717) is 0 Å². The molecule has 24 heavy (non-hydrogen) atoms. The fourth-order valence-corrected chi connectivity index (χ4v) is 2.99. The Morgan fingerprint density at radius 1 is 1.46 bits per heavy atom. The van der Waals surface area contributed by atoms with Gasteiger partial charge in [-0.1, -0.05) is 0 Å². The number of urea groups is 1. The zero-order valence-corrected chi connectivity index (χ0v) is 12.8. The first kappa shape index (κ1) is 18.5. The van der Waals surface area contributed by atoms with Gasteiger partial charge in [-0.2, -0.15) is 0 Å². The normalized spacial score (nSPS) is 35.0. The lowest BCUT2D eigenvalue weighted by Gasteiger charge is -2.44. The summed E-state index contributed by atoms with van der Waals surface area (Å²) in [5, 5.41) is 40.7. The number of nitrogens with zero attached hydrogens (tertiary/aromatic N) is 1. The number of carbonyl (C=O) groups is 3. The van der Waals surface area contributed by atoms with Crippen molar-refractivity contribution in [1.82, 2.24) is 10.2 Å². The zero-order chi connectivity index (χ0) is 18.1. The standard InChI is InChI=1S/C13H21N3O8/c14-6(11(21)22)1-3-13(10(20)9(19)7(5-17)24-13)16-4-2-8(18)15-12(16)23/h6-7,9-10,17,19-20H,1-5,14H2,(H,21,22)(H,15,18,23)/t6?,7-,9-,10-,13-/m1/s1. The molecule has 2 heterocycles. The molecule has 0 radical (unpaired) electrons.